The minimum absolute atomic E-state index is 0. The number of amides is 1. The first-order valence-corrected chi connectivity index (χ1v) is 8.91. The predicted molar refractivity (Wildman–Crippen MR) is 129 cm³/mol. The molecule has 7 nitrogen and oxygen atoms in total. The van der Waals surface area contributed by atoms with Crippen molar-refractivity contribution in [2.24, 2.45) is 0 Å². The number of hydrogen-bond donors (Lipinski definition) is 3. The number of nitrogens with zero attached hydrogens (tertiary/aromatic N) is 3. The van der Waals surface area contributed by atoms with Crippen LogP contribution in [0.1, 0.15) is 17.7 Å². The smallest absolute Gasteiger partial charge is 0.267 e. The van der Waals surface area contributed by atoms with Crippen molar-refractivity contribution in [1.82, 2.24) is 20.3 Å². The third kappa shape index (κ3) is 9.40. The quantitative estimate of drug-likeness (QED) is 0.285. The van der Waals surface area contributed by atoms with Crippen LogP contribution in [0.5, 0.6) is 0 Å². The van der Waals surface area contributed by atoms with Crippen LogP contribution in [-0.2, 0) is 11.2 Å². The summed E-state index contributed by atoms with van der Waals surface area (Å²) in [6.07, 6.45) is 6.87. The Balaban J connectivity index is 0. The van der Waals surface area contributed by atoms with Crippen molar-refractivity contribution in [1.29, 1.82) is 0 Å². The van der Waals surface area contributed by atoms with E-state index in [9.17, 15) is 13.6 Å². The number of nitrogens with one attached hydrogen (secondary N) is 2. The Labute approximate surface area is 209 Å². The van der Waals surface area contributed by atoms with E-state index in [0.717, 1.165) is 25.6 Å². The first kappa shape index (κ1) is 32.4. The van der Waals surface area contributed by atoms with Gasteiger partial charge in [-0.25, -0.2) is 19.2 Å². The summed E-state index contributed by atoms with van der Waals surface area (Å²) >= 11 is 0. The normalized spacial score (nSPS) is 15.0. The number of rotatable bonds is 7. The summed E-state index contributed by atoms with van der Waals surface area (Å²) in [4.78, 5) is 21.5. The molecule has 2 heterocycles. The van der Waals surface area contributed by atoms with Gasteiger partial charge in [-0.1, -0.05) is 6.07 Å². The predicted octanol–water partition coefficient (Wildman–Crippen LogP) is 3.69. The molecule has 1 aromatic heterocycles. The number of anilines is 1. The van der Waals surface area contributed by atoms with Crippen LogP contribution in [0.15, 0.2) is 36.7 Å². The van der Waals surface area contributed by atoms with Crippen LogP contribution in [0.3, 0.4) is 0 Å². The molecule has 32 heavy (non-hydrogen) atoms. The molecule has 0 bridgehead atoms. The van der Waals surface area contributed by atoms with E-state index in [1.165, 1.54) is 36.0 Å². The number of benzene rings is 1. The van der Waals surface area contributed by atoms with Gasteiger partial charge in [0.25, 0.3) is 5.91 Å². The van der Waals surface area contributed by atoms with Gasteiger partial charge in [-0.05, 0) is 31.1 Å². The molecular weight excluding hydrogens is 510 g/mol. The number of carbonyl (C=O) groups excluding carboxylic acids is 1. The molecule has 0 aliphatic carbocycles. The van der Waals surface area contributed by atoms with Crippen molar-refractivity contribution in [3.63, 3.8) is 0 Å². The van der Waals surface area contributed by atoms with Crippen LogP contribution in [0.2, 0.25) is 0 Å². The zero-order valence-corrected chi connectivity index (χ0v) is 20.0. The van der Waals surface area contributed by atoms with E-state index >= 15 is 0 Å². The van der Waals surface area contributed by atoms with E-state index < -0.39 is 17.5 Å². The summed E-state index contributed by atoms with van der Waals surface area (Å²) < 4.78 is 27.4. The minimum Gasteiger partial charge on any atom is -0.365 e. The molecule has 0 saturated carbocycles. The van der Waals surface area contributed by atoms with Gasteiger partial charge in [-0.15, -0.1) is 49.6 Å². The zero-order valence-electron chi connectivity index (χ0n) is 16.7. The molecule has 1 amide bonds. The van der Waals surface area contributed by atoms with Gasteiger partial charge in [0.2, 0.25) is 0 Å². The lowest BCUT2D eigenvalue weighted by Crippen LogP contribution is -2.28. The molecule has 0 unspecified atom stereocenters. The lowest BCUT2D eigenvalue weighted by atomic mass is 10.1. The van der Waals surface area contributed by atoms with E-state index in [1.807, 2.05) is 0 Å². The number of hydrogen-bond acceptors (Lipinski definition) is 6. The van der Waals surface area contributed by atoms with Crippen LogP contribution in [0, 0.1) is 11.6 Å². The molecule has 3 N–H and O–H groups in total. The molecule has 1 aliphatic heterocycles. The molecule has 180 valence electrons. The molecule has 13 heteroatoms. The van der Waals surface area contributed by atoms with Crippen molar-refractivity contribution in [2.75, 3.05) is 25.0 Å². The van der Waals surface area contributed by atoms with Crippen LogP contribution >= 0.6 is 49.6 Å². The lowest BCUT2D eigenvalue weighted by molar-refractivity contribution is -0.124. The highest BCUT2D eigenvalue weighted by Gasteiger charge is 2.23. The summed E-state index contributed by atoms with van der Waals surface area (Å²) in [5.74, 6) is -1.05. The minimum atomic E-state index is -0.648. The summed E-state index contributed by atoms with van der Waals surface area (Å²) in [5.41, 5.74) is 2.10. The molecule has 1 atom stereocenters. The van der Waals surface area contributed by atoms with Crippen LogP contribution in [-0.4, -0.2) is 51.7 Å². The fourth-order valence-electron chi connectivity index (χ4n) is 3.10. The van der Waals surface area contributed by atoms with E-state index in [4.69, 9.17) is 5.21 Å². The summed E-state index contributed by atoms with van der Waals surface area (Å²) in [6, 6.07) is 4.09. The van der Waals surface area contributed by atoms with Crippen LogP contribution in [0.4, 0.5) is 14.6 Å². The van der Waals surface area contributed by atoms with Gasteiger partial charge >= 0.3 is 0 Å². The van der Waals surface area contributed by atoms with Crippen molar-refractivity contribution in [3.8, 4) is 0 Å². The molecule has 1 aromatic carbocycles. The van der Waals surface area contributed by atoms with Crippen molar-refractivity contribution >= 4 is 67.4 Å². The molecule has 0 radical (unpaired) electrons. The van der Waals surface area contributed by atoms with Gasteiger partial charge in [0, 0.05) is 37.3 Å². The largest absolute Gasteiger partial charge is 0.365 e. The lowest BCUT2D eigenvalue weighted by Gasteiger charge is -2.17. The average Bonchev–Trinajstić information content (AvgIpc) is 3.14. The van der Waals surface area contributed by atoms with Gasteiger partial charge in [0.1, 0.15) is 17.5 Å². The zero-order chi connectivity index (χ0) is 19.9. The Morgan fingerprint density at radius 3 is 2.44 bits per heavy atom. The second-order valence-corrected chi connectivity index (χ2v) is 6.52. The second kappa shape index (κ2) is 16.0. The first-order chi connectivity index (χ1) is 13.5. The van der Waals surface area contributed by atoms with Gasteiger partial charge in [-0.3, -0.25) is 15.0 Å². The topological polar surface area (TPSA) is 90.4 Å². The maximum absolute atomic E-state index is 13.7. The van der Waals surface area contributed by atoms with Crippen LogP contribution in [0.25, 0.3) is 6.08 Å². The van der Waals surface area contributed by atoms with Gasteiger partial charge in [-0.2, -0.15) is 0 Å². The van der Waals surface area contributed by atoms with Crippen LogP contribution < -0.4 is 10.8 Å². The standard InChI is InChI=1S/C19H21F2N5O2.4ClH/c20-16-2-1-3-17(21)15(16)7-9-26-8-6-14(12-26)24-18-11-22-13(10-23-18)4-5-19(27)25-28;;;;/h1-5,10-11,14,28H,6-9,12H2,(H,23,24)(H,25,27);4*1H/t14-;;;;/m1..../s1. The fourth-order valence-corrected chi connectivity index (χ4v) is 3.10. The summed E-state index contributed by atoms with van der Waals surface area (Å²) in [6.45, 7) is 2.16. The van der Waals surface area contributed by atoms with Gasteiger partial charge in [0.15, 0.2) is 0 Å². The molecule has 1 aliphatic rings. The number of aromatic nitrogens is 2. The first-order valence-electron chi connectivity index (χ1n) is 8.91. The van der Waals surface area contributed by atoms with Gasteiger partial charge in [0.05, 0.1) is 18.1 Å². The Morgan fingerprint density at radius 1 is 1.16 bits per heavy atom. The van der Waals surface area contributed by atoms with E-state index in [2.05, 4.69) is 20.2 Å². The molecule has 0 spiro atoms. The highest BCUT2D eigenvalue weighted by Crippen LogP contribution is 2.17. The van der Waals surface area contributed by atoms with Crippen molar-refractivity contribution in [3.05, 3.63) is 59.6 Å². The van der Waals surface area contributed by atoms with Crippen molar-refractivity contribution < 1.29 is 18.8 Å². The highest BCUT2D eigenvalue weighted by molar-refractivity contribution is 5.90. The fraction of sp³-hybridized carbons (Fsp3) is 0.316. The molecule has 2 aromatic rings. The maximum atomic E-state index is 13.7. The Kier molecular flexibility index (Phi) is 16.2. The number of halogens is 6. The second-order valence-electron chi connectivity index (χ2n) is 6.52. The summed E-state index contributed by atoms with van der Waals surface area (Å²) in [7, 11) is 0. The van der Waals surface area contributed by atoms with Gasteiger partial charge < -0.3 is 10.2 Å². The number of likely N-dealkylation sites (tertiary alicyclic amines) is 1. The number of hydroxylamine groups is 1. The average molecular weight is 535 g/mol. The molecular formula is C19H25Cl4F2N5O2. The molecule has 1 saturated heterocycles. The third-order valence-electron chi connectivity index (χ3n) is 4.55. The third-order valence-corrected chi connectivity index (χ3v) is 4.55. The Bertz CT molecular complexity index is 842. The van der Waals surface area contributed by atoms with E-state index in [1.54, 1.807) is 6.20 Å². The molecule has 3 rings (SSSR count). The number of carbonyl (C=O) groups is 1. The highest BCUT2D eigenvalue weighted by atomic mass is 35.5. The Hall–Kier alpha value is -1.75. The Morgan fingerprint density at radius 2 is 1.84 bits per heavy atom. The monoisotopic (exact) mass is 533 g/mol. The van der Waals surface area contributed by atoms with Crippen molar-refractivity contribution in [2.45, 2.75) is 18.9 Å². The molecule has 1 fully saturated rings. The SMILES string of the molecule is Cl.Cl.Cl.Cl.O=C(C=Cc1cnc(N[C@@H]2CCN(CCc3c(F)cccc3F)C2)cn1)NO. The van der Waals surface area contributed by atoms with E-state index in [-0.39, 0.29) is 61.2 Å². The maximum Gasteiger partial charge on any atom is 0.267 e. The summed E-state index contributed by atoms with van der Waals surface area (Å²) in [5, 5.41) is 11.7. The van der Waals surface area contributed by atoms with E-state index in [0.29, 0.717) is 24.5 Å².